The molecule has 1 atom stereocenters. The van der Waals surface area contributed by atoms with Gasteiger partial charge in [-0.05, 0) is 67.6 Å². The van der Waals surface area contributed by atoms with E-state index in [9.17, 15) is 4.79 Å². The SMILES string of the molecule is Cc1ccc2cc([C@H](c3nnnn3C(C)(C)C)[NH+]3CCOCC3)c(=O)[nH]c2c1C. The normalized spacial score (nSPS) is 17.0. The predicted molar refractivity (Wildman–Crippen MR) is 110 cm³/mol. The van der Waals surface area contributed by atoms with Crippen LogP contribution < -0.4 is 10.5 Å². The van der Waals surface area contributed by atoms with E-state index in [-0.39, 0.29) is 17.1 Å². The number of nitrogens with one attached hydrogen (secondary N) is 2. The van der Waals surface area contributed by atoms with Crippen molar-refractivity contribution in [3.8, 4) is 0 Å². The number of aromatic nitrogens is 5. The summed E-state index contributed by atoms with van der Waals surface area (Å²) in [5.41, 5.74) is 3.47. The monoisotopic (exact) mass is 397 g/mol. The number of pyridine rings is 1. The third-order valence-corrected chi connectivity index (χ3v) is 5.82. The predicted octanol–water partition coefficient (Wildman–Crippen LogP) is 0.891. The van der Waals surface area contributed by atoms with E-state index in [1.165, 1.54) is 4.90 Å². The van der Waals surface area contributed by atoms with Gasteiger partial charge >= 0.3 is 0 Å². The zero-order chi connectivity index (χ0) is 20.8. The summed E-state index contributed by atoms with van der Waals surface area (Å²) in [6.07, 6.45) is 0. The lowest BCUT2D eigenvalue weighted by atomic mass is 9.99. The van der Waals surface area contributed by atoms with Crippen LogP contribution in [0.25, 0.3) is 10.9 Å². The Morgan fingerprint density at radius 2 is 1.93 bits per heavy atom. The molecule has 0 bridgehead atoms. The number of fused-ring (bicyclic) bond motifs is 1. The van der Waals surface area contributed by atoms with Gasteiger partial charge in [0.25, 0.3) is 5.56 Å². The van der Waals surface area contributed by atoms with E-state index >= 15 is 0 Å². The lowest BCUT2D eigenvalue weighted by Gasteiger charge is -2.32. The number of aryl methyl sites for hydroxylation is 2. The van der Waals surface area contributed by atoms with Gasteiger partial charge in [0.2, 0.25) is 5.82 Å². The molecule has 1 saturated heterocycles. The van der Waals surface area contributed by atoms with Crippen LogP contribution in [-0.2, 0) is 10.3 Å². The fourth-order valence-corrected chi connectivity index (χ4v) is 4.07. The Morgan fingerprint density at radius 3 is 2.62 bits per heavy atom. The quantitative estimate of drug-likeness (QED) is 0.685. The number of hydrogen-bond acceptors (Lipinski definition) is 5. The van der Waals surface area contributed by atoms with E-state index in [2.05, 4.69) is 60.3 Å². The van der Waals surface area contributed by atoms with E-state index in [0.29, 0.717) is 24.6 Å². The number of nitrogens with zero attached hydrogens (tertiary/aromatic N) is 4. The van der Waals surface area contributed by atoms with Crippen molar-refractivity contribution in [1.82, 2.24) is 25.2 Å². The molecule has 1 fully saturated rings. The average Bonchev–Trinajstić information content (AvgIpc) is 3.17. The molecule has 1 aromatic carbocycles. The maximum Gasteiger partial charge on any atom is 0.258 e. The standard InChI is InChI=1S/C21H28N6O2/c1-13-6-7-15-12-16(20(28)22-17(15)14(13)2)18(26-8-10-29-11-9-26)19-23-24-25-27(19)21(3,4)5/h6-7,12,18H,8-11H2,1-5H3,(H,22,28)/p+1/t18-/m1/s1. The van der Waals surface area contributed by atoms with Crippen LogP contribution in [0.4, 0.5) is 0 Å². The number of ether oxygens (including phenoxy) is 1. The van der Waals surface area contributed by atoms with Gasteiger partial charge in [-0.15, -0.1) is 5.10 Å². The van der Waals surface area contributed by atoms with Crippen molar-refractivity contribution in [2.24, 2.45) is 0 Å². The summed E-state index contributed by atoms with van der Waals surface area (Å²) in [7, 11) is 0. The van der Waals surface area contributed by atoms with Crippen LogP contribution in [0.5, 0.6) is 0 Å². The highest BCUT2D eigenvalue weighted by atomic mass is 16.5. The minimum atomic E-state index is -0.292. The molecule has 0 spiro atoms. The van der Waals surface area contributed by atoms with Crippen LogP contribution in [0.1, 0.15) is 49.3 Å². The first kappa shape index (κ1) is 19.7. The van der Waals surface area contributed by atoms with E-state index in [1.54, 1.807) is 0 Å². The van der Waals surface area contributed by atoms with Gasteiger partial charge in [0, 0.05) is 0 Å². The van der Waals surface area contributed by atoms with Crippen molar-refractivity contribution in [2.45, 2.75) is 46.2 Å². The zero-order valence-corrected chi connectivity index (χ0v) is 17.7. The maximum atomic E-state index is 13.3. The summed E-state index contributed by atoms with van der Waals surface area (Å²) in [4.78, 5) is 17.6. The van der Waals surface area contributed by atoms with Gasteiger partial charge in [-0.3, -0.25) is 4.79 Å². The van der Waals surface area contributed by atoms with Gasteiger partial charge in [0.1, 0.15) is 13.1 Å². The van der Waals surface area contributed by atoms with Crippen molar-refractivity contribution in [3.63, 3.8) is 0 Å². The van der Waals surface area contributed by atoms with Gasteiger partial charge in [-0.2, -0.15) is 0 Å². The highest BCUT2D eigenvalue weighted by Gasteiger charge is 2.37. The molecule has 3 aromatic rings. The summed E-state index contributed by atoms with van der Waals surface area (Å²) < 4.78 is 7.40. The molecule has 0 amide bonds. The van der Waals surface area contributed by atoms with Gasteiger partial charge in [0.05, 0.1) is 29.8 Å². The Bertz CT molecular complexity index is 1090. The highest BCUT2D eigenvalue weighted by Crippen LogP contribution is 2.24. The zero-order valence-electron chi connectivity index (χ0n) is 17.7. The minimum Gasteiger partial charge on any atom is -0.370 e. The van der Waals surface area contributed by atoms with Crippen molar-refractivity contribution in [2.75, 3.05) is 26.3 Å². The minimum absolute atomic E-state index is 0.0846. The van der Waals surface area contributed by atoms with E-state index in [4.69, 9.17) is 4.74 Å². The number of aromatic amines is 1. The summed E-state index contributed by atoms with van der Waals surface area (Å²) in [6, 6.07) is 5.91. The van der Waals surface area contributed by atoms with Crippen molar-refractivity contribution in [3.05, 3.63) is 51.1 Å². The Balaban J connectivity index is 1.93. The summed E-state index contributed by atoms with van der Waals surface area (Å²) in [5.74, 6) is 0.711. The van der Waals surface area contributed by atoms with Crippen molar-refractivity contribution in [1.29, 1.82) is 0 Å². The summed E-state index contributed by atoms with van der Waals surface area (Å²) in [5, 5.41) is 13.6. The molecular formula is C21H29N6O2+. The lowest BCUT2D eigenvalue weighted by Crippen LogP contribution is -3.14. The molecule has 2 N–H and O–H groups in total. The number of H-pyrrole nitrogens is 1. The van der Waals surface area contributed by atoms with Crippen LogP contribution in [0.3, 0.4) is 0 Å². The first-order valence-corrected chi connectivity index (χ1v) is 10.1. The van der Waals surface area contributed by atoms with Crippen LogP contribution >= 0.6 is 0 Å². The number of benzene rings is 1. The van der Waals surface area contributed by atoms with Crippen molar-refractivity contribution >= 4 is 10.9 Å². The first-order valence-electron chi connectivity index (χ1n) is 10.1. The number of quaternary nitrogens is 1. The second-order valence-electron chi connectivity index (χ2n) is 8.85. The largest absolute Gasteiger partial charge is 0.370 e. The fourth-order valence-electron chi connectivity index (χ4n) is 4.07. The van der Waals surface area contributed by atoms with Crippen LogP contribution in [0.2, 0.25) is 0 Å². The molecule has 1 aliphatic rings. The molecule has 3 heterocycles. The number of tetrazole rings is 1. The molecule has 0 aliphatic carbocycles. The molecule has 29 heavy (non-hydrogen) atoms. The van der Waals surface area contributed by atoms with Crippen molar-refractivity contribution < 1.29 is 9.64 Å². The van der Waals surface area contributed by atoms with E-state index in [0.717, 1.165) is 35.1 Å². The lowest BCUT2D eigenvalue weighted by molar-refractivity contribution is -0.934. The number of hydrogen-bond donors (Lipinski definition) is 2. The molecule has 0 radical (unpaired) electrons. The van der Waals surface area contributed by atoms with Gasteiger partial charge in [0.15, 0.2) is 6.04 Å². The fraction of sp³-hybridized carbons (Fsp3) is 0.524. The molecule has 0 unspecified atom stereocenters. The van der Waals surface area contributed by atoms with E-state index < -0.39 is 0 Å². The molecular weight excluding hydrogens is 368 g/mol. The highest BCUT2D eigenvalue weighted by molar-refractivity contribution is 5.83. The Hall–Kier alpha value is -2.58. The van der Waals surface area contributed by atoms with E-state index in [1.807, 2.05) is 17.7 Å². The Labute approximate surface area is 169 Å². The smallest absolute Gasteiger partial charge is 0.258 e. The summed E-state index contributed by atoms with van der Waals surface area (Å²) in [6.45, 7) is 13.2. The van der Waals surface area contributed by atoms with Crippen LogP contribution in [0.15, 0.2) is 23.0 Å². The maximum absolute atomic E-state index is 13.3. The molecule has 4 rings (SSSR count). The number of morpholine rings is 1. The first-order chi connectivity index (χ1) is 13.8. The van der Waals surface area contributed by atoms with Crippen LogP contribution in [-0.4, -0.2) is 51.5 Å². The molecule has 8 heteroatoms. The second kappa shape index (κ2) is 7.35. The van der Waals surface area contributed by atoms with Crippen LogP contribution in [0, 0.1) is 13.8 Å². The topological polar surface area (TPSA) is 90.1 Å². The molecule has 154 valence electrons. The molecule has 1 aliphatic heterocycles. The molecule has 8 nitrogen and oxygen atoms in total. The van der Waals surface area contributed by atoms with Gasteiger partial charge in [-0.25, -0.2) is 4.68 Å². The Kier molecular flexibility index (Phi) is 5.00. The molecule has 0 saturated carbocycles. The number of rotatable bonds is 3. The van der Waals surface area contributed by atoms with Gasteiger partial charge < -0.3 is 14.6 Å². The van der Waals surface area contributed by atoms with Gasteiger partial charge in [-0.1, -0.05) is 12.1 Å². The second-order valence-corrected chi connectivity index (χ2v) is 8.85. The summed E-state index contributed by atoms with van der Waals surface area (Å²) >= 11 is 0. The average molecular weight is 398 g/mol. The Morgan fingerprint density at radius 1 is 1.21 bits per heavy atom. The third-order valence-electron chi connectivity index (χ3n) is 5.82. The molecule has 2 aromatic heterocycles. The third kappa shape index (κ3) is 3.58.